The molecule has 2 atom stereocenters. The Labute approximate surface area is 226 Å². The molecule has 0 fully saturated rings. The Balaban J connectivity index is 1.91. The number of hydrogen-bond donors (Lipinski definition) is 3. The van der Waals surface area contributed by atoms with Crippen LogP contribution < -0.4 is 21.1 Å². The van der Waals surface area contributed by atoms with E-state index < -0.39 is 23.0 Å². The Bertz CT molecular complexity index is 1150. The summed E-state index contributed by atoms with van der Waals surface area (Å²) in [5.41, 5.74) is 6.08. The van der Waals surface area contributed by atoms with Gasteiger partial charge >= 0.3 is 12.2 Å². The summed E-state index contributed by atoms with van der Waals surface area (Å²) < 4.78 is 10.1. The molecule has 2 rings (SSSR count). The third kappa shape index (κ3) is 10.8. The molecule has 4 N–H and O–H groups in total. The smallest absolute Gasteiger partial charge is 0.429 e. The molecule has 12 heteroatoms. The topological polar surface area (TPSA) is 180 Å². The first-order valence-electron chi connectivity index (χ1n) is 12.5. The molecule has 0 aliphatic rings. The van der Waals surface area contributed by atoms with Crippen molar-refractivity contribution in [3.8, 4) is 5.75 Å². The maximum Gasteiger partial charge on any atom is 0.514 e. The summed E-state index contributed by atoms with van der Waals surface area (Å²) in [6.45, 7) is 5.95. The number of Topliss-reactive ketones (excluding diaryl/α,β-unsaturated/α-hetero) is 1. The molecule has 0 radical (unpaired) electrons. The van der Waals surface area contributed by atoms with Gasteiger partial charge in [-0.15, -0.1) is 0 Å². The Kier molecular flexibility index (Phi) is 11.9. The minimum atomic E-state index is -0.977. The number of nitrogens with one attached hydrogen (secondary N) is 2. The van der Waals surface area contributed by atoms with E-state index in [1.807, 2.05) is 20.8 Å². The lowest BCUT2D eigenvalue weighted by molar-refractivity contribution is -0.384. The zero-order valence-electron chi connectivity index (χ0n) is 22.2. The lowest BCUT2D eigenvalue weighted by Crippen LogP contribution is -2.32. The van der Waals surface area contributed by atoms with E-state index in [9.17, 15) is 29.3 Å². The van der Waals surface area contributed by atoms with Crippen LogP contribution >= 0.6 is 0 Å². The standard InChI is InChI=1S/C27H34N4O8/c1-17(2)18(3)24(32)15-20(5-4-14-29-26(28)34)25(33)30-21-8-6-19(7-9-21)16-38-27(35)39-23-12-10-22(11-13-23)31(36)37/h6-13,17-18,20H,4-5,14-16H2,1-3H3,(H,30,33)(H3,28,29,34)/t18-,20+/m0/s1. The monoisotopic (exact) mass is 542 g/mol. The number of nitrogens with two attached hydrogens (primary N) is 1. The van der Waals surface area contributed by atoms with Gasteiger partial charge in [0.15, 0.2) is 0 Å². The molecular weight excluding hydrogens is 508 g/mol. The van der Waals surface area contributed by atoms with Gasteiger partial charge in [0.2, 0.25) is 5.91 Å². The van der Waals surface area contributed by atoms with Gasteiger partial charge in [-0.3, -0.25) is 19.7 Å². The van der Waals surface area contributed by atoms with Crippen molar-refractivity contribution >= 4 is 35.3 Å². The van der Waals surface area contributed by atoms with Crippen LogP contribution in [0.5, 0.6) is 5.75 Å². The van der Waals surface area contributed by atoms with E-state index in [4.69, 9.17) is 15.2 Å². The molecule has 39 heavy (non-hydrogen) atoms. The molecule has 0 bridgehead atoms. The first-order valence-corrected chi connectivity index (χ1v) is 12.5. The summed E-state index contributed by atoms with van der Waals surface area (Å²) in [4.78, 5) is 58.6. The zero-order valence-corrected chi connectivity index (χ0v) is 22.2. The van der Waals surface area contributed by atoms with Crippen LogP contribution in [-0.4, -0.2) is 35.3 Å². The summed E-state index contributed by atoms with van der Waals surface area (Å²) in [5.74, 6) is -0.819. The van der Waals surface area contributed by atoms with Gasteiger partial charge in [0, 0.05) is 42.6 Å². The van der Waals surface area contributed by atoms with Crippen molar-refractivity contribution in [1.29, 1.82) is 0 Å². The number of amides is 3. The third-order valence-electron chi connectivity index (χ3n) is 6.18. The van der Waals surface area contributed by atoms with E-state index in [-0.39, 0.29) is 48.0 Å². The lowest BCUT2D eigenvalue weighted by atomic mass is 9.86. The number of carbonyl (C=O) groups excluding carboxylic acids is 4. The number of hydrogen-bond acceptors (Lipinski definition) is 8. The maximum absolute atomic E-state index is 13.0. The largest absolute Gasteiger partial charge is 0.514 e. The fourth-order valence-electron chi connectivity index (χ4n) is 3.52. The summed E-state index contributed by atoms with van der Waals surface area (Å²) in [5, 5.41) is 16.0. The quantitative estimate of drug-likeness (QED) is 0.102. The molecular formula is C27H34N4O8. The number of non-ortho nitro benzene ring substituents is 1. The third-order valence-corrected chi connectivity index (χ3v) is 6.18. The van der Waals surface area contributed by atoms with Gasteiger partial charge in [-0.2, -0.15) is 0 Å². The van der Waals surface area contributed by atoms with Gasteiger partial charge < -0.3 is 25.8 Å². The zero-order chi connectivity index (χ0) is 28.9. The predicted molar refractivity (Wildman–Crippen MR) is 143 cm³/mol. The fraction of sp³-hybridized carbons (Fsp3) is 0.407. The van der Waals surface area contributed by atoms with Crippen molar-refractivity contribution in [3.05, 3.63) is 64.2 Å². The molecule has 0 saturated carbocycles. The van der Waals surface area contributed by atoms with E-state index in [2.05, 4.69) is 10.6 Å². The molecule has 0 saturated heterocycles. The highest BCUT2D eigenvalue weighted by atomic mass is 16.7. The average Bonchev–Trinajstić information content (AvgIpc) is 2.89. The molecule has 2 aromatic carbocycles. The van der Waals surface area contributed by atoms with Gasteiger partial charge in [0.25, 0.3) is 5.69 Å². The predicted octanol–water partition coefficient (Wildman–Crippen LogP) is 4.56. The van der Waals surface area contributed by atoms with Crippen LogP contribution in [0.3, 0.4) is 0 Å². The van der Waals surface area contributed by atoms with Crippen LogP contribution in [0, 0.1) is 27.9 Å². The molecule has 0 heterocycles. The number of carbonyl (C=O) groups is 4. The molecule has 210 valence electrons. The molecule has 0 spiro atoms. The number of benzene rings is 2. The van der Waals surface area contributed by atoms with E-state index in [1.54, 1.807) is 24.3 Å². The molecule has 0 aliphatic heterocycles. The number of rotatable bonds is 14. The van der Waals surface area contributed by atoms with Gasteiger partial charge in [-0.05, 0) is 48.6 Å². The van der Waals surface area contributed by atoms with Gasteiger partial charge in [-0.1, -0.05) is 32.9 Å². The Morgan fingerprint density at radius 1 is 1.00 bits per heavy atom. The first-order chi connectivity index (χ1) is 18.5. The highest BCUT2D eigenvalue weighted by molar-refractivity contribution is 5.95. The van der Waals surface area contributed by atoms with Crippen molar-refractivity contribution in [2.75, 3.05) is 11.9 Å². The number of nitro groups is 1. The van der Waals surface area contributed by atoms with Crippen LogP contribution in [-0.2, 0) is 20.9 Å². The SMILES string of the molecule is CC(C)[C@H](C)C(=O)C[C@@H](CCCNC(N)=O)C(=O)Nc1ccc(COC(=O)Oc2ccc([N+](=O)[O-])cc2)cc1. The second-order valence-corrected chi connectivity index (χ2v) is 9.41. The molecule has 12 nitrogen and oxygen atoms in total. The Morgan fingerprint density at radius 2 is 1.64 bits per heavy atom. The number of nitro benzene ring substituents is 1. The van der Waals surface area contributed by atoms with Crippen LogP contribution in [0.1, 0.15) is 45.6 Å². The van der Waals surface area contributed by atoms with Gasteiger partial charge in [0.1, 0.15) is 18.1 Å². The summed E-state index contributed by atoms with van der Waals surface area (Å²) in [6.07, 6.45) is -0.0118. The Hall–Kier alpha value is -4.48. The maximum atomic E-state index is 13.0. The lowest BCUT2D eigenvalue weighted by Gasteiger charge is -2.20. The van der Waals surface area contributed by atoms with Gasteiger partial charge in [0.05, 0.1) is 4.92 Å². The van der Waals surface area contributed by atoms with Gasteiger partial charge in [-0.25, -0.2) is 9.59 Å². The van der Waals surface area contributed by atoms with E-state index in [0.29, 0.717) is 30.6 Å². The number of anilines is 1. The normalized spacial score (nSPS) is 12.2. The summed E-state index contributed by atoms with van der Waals surface area (Å²) >= 11 is 0. The minimum absolute atomic E-state index is 0.00104. The van der Waals surface area contributed by atoms with Crippen molar-refractivity contribution < 1.29 is 33.6 Å². The number of urea groups is 1. The highest BCUT2D eigenvalue weighted by Gasteiger charge is 2.26. The second-order valence-electron chi connectivity index (χ2n) is 9.41. The first kappa shape index (κ1) is 30.7. The molecule has 0 aliphatic carbocycles. The number of nitrogens with zero attached hydrogens (tertiary/aromatic N) is 1. The van der Waals surface area contributed by atoms with Crippen molar-refractivity contribution in [1.82, 2.24) is 5.32 Å². The van der Waals surface area contributed by atoms with Crippen LogP contribution in [0.15, 0.2) is 48.5 Å². The number of ketones is 1. The van der Waals surface area contributed by atoms with Crippen LogP contribution in [0.4, 0.5) is 21.0 Å². The van der Waals surface area contributed by atoms with Crippen molar-refractivity contribution in [2.24, 2.45) is 23.5 Å². The van der Waals surface area contributed by atoms with E-state index in [0.717, 1.165) is 0 Å². The fourth-order valence-corrected chi connectivity index (χ4v) is 3.52. The summed E-state index contributed by atoms with van der Waals surface area (Å²) in [7, 11) is 0. The second kappa shape index (κ2) is 15.1. The average molecular weight is 543 g/mol. The number of ether oxygens (including phenoxy) is 2. The van der Waals surface area contributed by atoms with Crippen molar-refractivity contribution in [3.63, 3.8) is 0 Å². The van der Waals surface area contributed by atoms with E-state index in [1.165, 1.54) is 24.3 Å². The Morgan fingerprint density at radius 3 is 2.21 bits per heavy atom. The molecule has 0 aromatic heterocycles. The van der Waals surface area contributed by atoms with Crippen molar-refractivity contribution in [2.45, 2.75) is 46.6 Å². The van der Waals surface area contributed by atoms with Crippen LogP contribution in [0.25, 0.3) is 0 Å². The van der Waals surface area contributed by atoms with Crippen LogP contribution in [0.2, 0.25) is 0 Å². The number of primary amides is 1. The van der Waals surface area contributed by atoms with E-state index >= 15 is 0 Å². The molecule has 0 unspecified atom stereocenters. The molecule has 2 aromatic rings. The molecule has 3 amide bonds. The highest BCUT2D eigenvalue weighted by Crippen LogP contribution is 2.22. The summed E-state index contributed by atoms with van der Waals surface area (Å²) in [6, 6.07) is 10.9. The minimum Gasteiger partial charge on any atom is -0.429 e.